The first-order valence-corrected chi connectivity index (χ1v) is 8.51. The Hall–Kier alpha value is -2.41. The molecule has 3 heterocycles. The zero-order chi connectivity index (χ0) is 17.4. The highest BCUT2D eigenvalue weighted by atomic mass is 19.1. The molecule has 2 aliphatic rings. The summed E-state index contributed by atoms with van der Waals surface area (Å²) in [4.78, 5) is 28.9. The van der Waals surface area contributed by atoms with Crippen LogP contribution < -0.4 is 0 Å². The highest BCUT2D eigenvalue weighted by molar-refractivity contribution is 5.99. The third-order valence-electron chi connectivity index (χ3n) is 4.83. The van der Waals surface area contributed by atoms with Crippen LogP contribution in [0.25, 0.3) is 11.0 Å². The number of benzene rings is 1. The molecule has 0 spiro atoms. The van der Waals surface area contributed by atoms with Crippen molar-refractivity contribution in [1.82, 2.24) is 9.80 Å². The maximum atomic E-state index is 13.8. The van der Waals surface area contributed by atoms with Crippen molar-refractivity contribution in [3.05, 3.63) is 35.8 Å². The largest absolute Gasteiger partial charge is 0.448 e. The quantitative estimate of drug-likeness (QED) is 0.835. The second-order valence-electron chi connectivity index (χ2n) is 6.36. The third kappa shape index (κ3) is 2.89. The molecular weight excluding hydrogens is 327 g/mol. The average molecular weight is 346 g/mol. The summed E-state index contributed by atoms with van der Waals surface area (Å²) in [7, 11) is 0. The van der Waals surface area contributed by atoms with E-state index < -0.39 is 11.9 Å². The molecule has 25 heavy (non-hydrogen) atoms. The van der Waals surface area contributed by atoms with Crippen molar-refractivity contribution in [2.75, 3.05) is 32.8 Å². The number of hydrogen-bond acceptors (Lipinski definition) is 4. The number of likely N-dealkylation sites (tertiary alicyclic amines) is 1. The molecule has 2 saturated heterocycles. The van der Waals surface area contributed by atoms with Crippen LogP contribution in [0.5, 0.6) is 0 Å². The van der Waals surface area contributed by atoms with Crippen LogP contribution in [-0.4, -0.2) is 60.5 Å². The molecule has 2 amide bonds. The van der Waals surface area contributed by atoms with Crippen LogP contribution in [0.2, 0.25) is 0 Å². The van der Waals surface area contributed by atoms with Gasteiger partial charge in [-0.05, 0) is 25.0 Å². The summed E-state index contributed by atoms with van der Waals surface area (Å²) < 4.78 is 24.5. The first kappa shape index (κ1) is 16.1. The molecule has 2 fully saturated rings. The van der Waals surface area contributed by atoms with Gasteiger partial charge in [-0.3, -0.25) is 9.59 Å². The summed E-state index contributed by atoms with van der Waals surface area (Å²) in [6.07, 6.45) is 1.40. The minimum Gasteiger partial charge on any atom is -0.448 e. The Balaban J connectivity index is 1.57. The van der Waals surface area contributed by atoms with Gasteiger partial charge in [0.1, 0.15) is 6.04 Å². The Morgan fingerprint density at radius 3 is 2.72 bits per heavy atom. The van der Waals surface area contributed by atoms with Gasteiger partial charge in [0.25, 0.3) is 5.91 Å². The first-order valence-electron chi connectivity index (χ1n) is 8.51. The lowest BCUT2D eigenvalue weighted by molar-refractivity contribution is -0.139. The van der Waals surface area contributed by atoms with Gasteiger partial charge in [-0.1, -0.05) is 12.1 Å². The molecule has 1 aromatic carbocycles. The number of para-hydroxylation sites is 1. The molecule has 2 aromatic rings. The molecule has 1 aromatic heterocycles. The summed E-state index contributed by atoms with van der Waals surface area (Å²) in [5.74, 6) is -0.836. The van der Waals surface area contributed by atoms with Gasteiger partial charge in [-0.25, -0.2) is 4.39 Å². The third-order valence-corrected chi connectivity index (χ3v) is 4.83. The molecule has 0 radical (unpaired) electrons. The van der Waals surface area contributed by atoms with Crippen molar-refractivity contribution in [2.45, 2.75) is 18.9 Å². The van der Waals surface area contributed by atoms with E-state index in [0.717, 1.165) is 6.42 Å². The number of furan rings is 1. The van der Waals surface area contributed by atoms with Gasteiger partial charge in [0, 0.05) is 25.0 Å². The van der Waals surface area contributed by atoms with Crippen LogP contribution in [0.3, 0.4) is 0 Å². The Bertz CT molecular complexity index is 813. The predicted octanol–water partition coefficient (Wildman–Crippen LogP) is 2.04. The minimum absolute atomic E-state index is 0.0450. The molecular formula is C18H19FN2O4. The Morgan fingerprint density at radius 1 is 1.16 bits per heavy atom. The van der Waals surface area contributed by atoms with Crippen molar-refractivity contribution in [2.24, 2.45) is 0 Å². The predicted molar refractivity (Wildman–Crippen MR) is 87.6 cm³/mol. The van der Waals surface area contributed by atoms with Gasteiger partial charge in [0.05, 0.1) is 13.2 Å². The van der Waals surface area contributed by atoms with Crippen LogP contribution in [0, 0.1) is 5.82 Å². The highest BCUT2D eigenvalue weighted by Gasteiger charge is 2.38. The molecule has 0 aliphatic carbocycles. The number of halogens is 1. The number of fused-ring (bicyclic) bond motifs is 1. The van der Waals surface area contributed by atoms with E-state index in [0.29, 0.717) is 44.7 Å². The summed E-state index contributed by atoms with van der Waals surface area (Å²) >= 11 is 0. The van der Waals surface area contributed by atoms with E-state index in [1.807, 2.05) is 0 Å². The van der Waals surface area contributed by atoms with E-state index in [9.17, 15) is 14.0 Å². The molecule has 6 nitrogen and oxygen atoms in total. The van der Waals surface area contributed by atoms with Crippen molar-refractivity contribution >= 4 is 22.8 Å². The normalized spacial score (nSPS) is 21.1. The second-order valence-corrected chi connectivity index (χ2v) is 6.36. The van der Waals surface area contributed by atoms with Crippen molar-refractivity contribution in [3.8, 4) is 0 Å². The van der Waals surface area contributed by atoms with Crippen LogP contribution in [0.1, 0.15) is 23.4 Å². The molecule has 0 N–H and O–H groups in total. The number of morpholine rings is 1. The molecule has 7 heteroatoms. The number of nitrogens with zero attached hydrogens (tertiary/aromatic N) is 2. The van der Waals surface area contributed by atoms with E-state index >= 15 is 0 Å². The summed E-state index contributed by atoms with van der Waals surface area (Å²) in [6.45, 7) is 2.64. The SMILES string of the molecule is O=C([C@@H]1CCCN1C(=O)c1cc2cccc(F)c2o1)N1CCOCC1. The number of ether oxygens (including phenoxy) is 1. The van der Waals surface area contributed by atoms with Gasteiger partial charge in [0.2, 0.25) is 5.91 Å². The van der Waals surface area contributed by atoms with Gasteiger partial charge in [-0.2, -0.15) is 0 Å². The van der Waals surface area contributed by atoms with Crippen LogP contribution in [0.4, 0.5) is 4.39 Å². The second kappa shape index (κ2) is 6.48. The van der Waals surface area contributed by atoms with Gasteiger partial charge >= 0.3 is 0 Å². The van der Waals surface area contributed by atoms with Gasteiger partial charge in [0.15, 0.2) is 17.2 Å². The van der Waals surface area contributed by atoms with Gasteiger partial charge in [-0.15, -0.1) is 0 Å². The van der Waals surface area contributed by atoms with Crippen molar-refractivity contribution in [1.29, 1.82) is 0 Å². The van der Waals surface area contributed by atoms with E-state index in [1.54, 1.807) is 21.9 Å². The summed E-state index contributed by atoms with van der Waals surface area (Å²) in [5, 5.41) is 0.540. The number of rotatable bonds is 2. The lowest BCUT2D eigenvalue weighted by atomic mass is 10.1. The summed E-state index contributed by atoms with van der Waals surface area (Å²) in [6, 6.07) is 5.61. The number of carbonyl (C=O) groups excluding carboxylic acids is 2. The van der Waals surface area contributed by atoms with Crippen molar-refractivity contribution < 1.29 is 23.1 Å². The van der Waals surface area contributed by atoms with Crippen LogP contribution in [0.15, 0.2) is 28.7 Å². The molecule has 0 bridgehead atoms. The highest BCUT2D eigenvalue weighted by Crippen LogP contribution is 2.27. The van der Waals surface area contributed by atoms with E-state index in [2.05, 4.69) is 0 Å². The lowest BCUT2D eigenvalue weighted by Gasteiger charge is -2.32. The fourth-order valence-electron chi connectivity index (χ4n) is 3.54. The molecule has 2 aliphatic heterocycles. The topological polar surface area (TPSA) is 63.0 Å². The Kier molecular flexibility index (Phi) is 4.17. The fourth-order valence-corrected chi connectivity index (χ4v) is 3.54. The maximum absolute atomic E-state index is 13.8. The Morgan fingerprint density at radius 2 is 1.96 bits per heavy atom. The minimum atomic E-state index is -0.501. The molecule has 0 saturated carbocycles. The molecule has 4 rings (SSSR count). The fraction of sp³-hybridized carbons (Fsp3) is 0.444. The zero-order valence-electron chi connectivity index (χ0n) is 13.7. The van der Waals surface area contributed by atoms with Crippen LogP contribution >= 0.6 is 0 Å². The molecule has 132 valence electrons. The Labute approximate surface area is 144 Å². The zero-order valence-corrected chi connectivity index (χ0v) is 13.7. The van der Waals surface area contributed by atoms with Gasteiger partial charge < -0.3 is 19.0 Å². The average Bonchev–Trinajstić information content (AvgIpc) is 3.29. The smallest absolute Gasteiger partial charge is 0.290 e. The molecule has 1 atom stereocenters. The number of carbonyl (C=O) groups is 2. The van der Waals surface area contributed by atoms with E-state index in [4.69, 9.17) is 9.15 Å². The number of amides is 2. The van der Waals surface area contributed by atoms with Crippen molar-refractivity contribution in [3.63, 3.8) is 0 Å². The lowest BCUT2D eigenvalue weighted by Crippen LogP contribution is -2.51. The van der Waals surface area contributed by atoms with Crippen LogP contribution in [-0.2, 0) is 9.53 Å². The first-order chi connectivity index (χ1) is 12.1. The van der Waals surface area contributed by atoms with E-state index in [-0.39, 0.29) is 23.2 Å². The van der Waals surface area contributed by atoms with E-state index in [1.165, 1.54) is 12.1 Å². The molecule has 0 unspecified atom stereocenters. The standard InChI is InChI=1S/C18H19FN2O4/c19-13-4-1-3-12-11-15(25-16(12)13)18(23)21-6-2-5-14(21)17(22)20-7-9-24-10-8-20/h1,3-4,11,14H,2,5-10H2/t14-/m0/s1. The monoisotopic (exact) mass is 346 g/mol. The number of hydrogen-bond donors (Lipinski definition) is 0. The maximum Gasteiger partial charge on any atom is 0.290 e. The summed E-state index contributed by atoms with van der Waals surface area (Å²) in [5.41, 5.74) is 0.0705.